The Morgan fingerprint density at radius 3 is 2.71 bits per heavy atom. The number of carbonyl (C=O) groups is 1. The molecule has 1 rings (SSSR count). The number of rotatable bonds is 4. The molecule has 0 aromatic carbocycles. The van der Waals surface area contributed by atoms with E-state index in [0.29, 0.717) is 12.6 Å². The van der Waals surface area contributed by atoms with Crippen LogP contribution in [0.5, 0.6) is 0 Å². The molecule has 4 nitrogen and oxygen atoms in total. The maximum Gasteiger partial charge on any atom is 0.315 e. The Morgan fingerprint density at radius 2 is 2.14 bits per heavy atom. The molecule has 0 heterocycles. The molecule has 0 radical (unpaired) electrons. The van der Waals surface area contributed by atoms with Gasteiger partial charge in [0.15, 0.2) is 0 Å². The van der Waals surface area contributed by atoms with Crippen LogP contribution in [0.2, 0.25) is 0 Å². The minimum Gasteiger partial charge on any atom is -0.337 e. The van der Waals surface area contributed by atoms with Crippen molar-refractivity contribution < 1.29 is 4.79 Å². The van der Waals surface area contributed by atoms with Gasteiger partial charge in [-0.25, -0.2) is 4.79 Å². The molecule has 2 amide bonds. The van der Waals surface area contributed by atoms with Gasteiger partial charge >= 0.3 is 6.03 Å². The third-order valence-corrected chi connectivity index (χ3v) is 2.74. The molecule has 0 saturated heterocycles. The highest BCUT2D eigenvalue weighted by Crippen LogP contribution is 2.17. The van der Waals surface area contributed by atoms with Crippen molar-refractivity contribution in [2.75, 3.05) is 6.54 Å². The summed E-state index contributed by atoms with van der Waals surface area (Å²) in [4.78, 5) is 11.3. The Labute approximate surface area is 85.6 Å². The Kier molecular flexibility index (Phi) is 4.73. The zero-order chi connectivity index (χ0) is 10.4. The average molecular weight is 199 g/mol. The summed E-state index contributed by atoms with van der Waals surface area (Å²) in [6.07, 6.45) is 5.60. The largest absolute Gasteiger partial charge is 0.337 e. The number of amides is 2. The topological polar surface area (TPSA) is 67.1 Å². The molecule has 4 N–H and O–H groups in total. The van der Waals surface area contributed by atoms with Gasteiger partial charge in [-0.05, 0) is 19.3 Å². The molecule has 4 heteroatoms. The molecule has 14 heavy (non-hydrogen) atoms. The third kappa shape index (κ3) is 3.96. The highest BCUT2D eigenvalue weighted by atomic mass is 16.2. The summed E-state index contributed by atoms with van der Waals surface area (Å²) in [5.74, 6) is 0. The van der Waals surface area contributed by atoms with Gasteiger partial charge in [-0.1, -0.05) is 19.8 Å². The Hall–Kier alpha value is -0.770. The highest BCUT2D eigenvalue weighted by molar-refractivity contribution is 5.74. The Balaban J connectivity index is 2.09. The summed E-state index contributed by atoms with van der Waals surface area (Å²) in [7, 11) is 0. The average Bonchev–Trinajstić information content (AvgIpc) is 2.66. The number of urea groups is 1. The lowest BCUT2D eigenvalue weighted by Crippen LogP contribution is -2.45. The van der Waals surface area contributed by atoms with Crippen molar-refractivity contribution in [3.05, 3.63) is 0 Å². The molecule has 0 spiro atoms. The fourth-order valence-electron chi connectivity index (χ4n) is 1.67. The molecule has 1 aliphatic carbocycles. The van der Waals surface area contributed by atoms with Crippen LogP contribution in [0.1, 0.15) is 39.0 Å². The maximum atomic E-state index is 11.3. The first kappa shape index (κ1) is 11.3. The first-order valence-corrected chi connectivity index (χ1v) is 5.52. The predicted octanol–water partition coefficient (Wildman–Crippen LogP) is 0.965. The van der Waals surface area contributed by atoms with Crippen molar-refractivity contribution in [2.24, 2.45) is 5.73 Å². The van der Waals surface area contributed by atoms with Gasteiger partial charge in [0.05, 0.1) is 0 Å². The summed E-state index contributed by atoms with van der Waals surface area (Å²) in [5.41, 5.74) is 5.69. The fourth-order valence-corrected chi connectivity index (χ4v) is 1.67. The van der Waals surface area contributed by atoms with E-state index in [1.165, 1.54) is 12.8 Å². The van der Waals surface area contributed by atoms with Crippen molar-refractivity contribution in [3.8, 4) is 0 Å². The van der Waals surface area contributed by atoms with Gasteiger partial charge in [0, 0.05) is 18.6 Å². The van der Waals surface area contributed by atoms with Gasteiger partial charge in [-0.3, -0.25) is 0 Å². The molecule has 0 aromatic heterocycles. The highest BCUT2D eigenvalue weighted by Gasteiger charge is 2.16. The Bertz CT molecular complexity index is 178. The lowest BCUT2D eigenvalue weighted by atomic mass is 10.2. The summed E-state index contributed by atoms with van der Waals surface area (Å²) >= 11 is 0. The predicted molar refractivity (Wildman–Crippen MR) is 57.1 cm³/mol. The molecule has 0 aliphatic heterocycles. The summed E-state index contributed by atoms with van der Waals surface area (Å²) < 4.78 is 0. The molecule has 1 atom stereocenters. The van der Waals surface area contributed by atoms with Gasteiger partial charge in [-0.2, -0.15) is 0 Å². The van der Waals surface area contributed by atoms with E-state index >= 15 is 0 Å². The minimum absolute atomic E-state index is 0.0687. The zero-order valence-electron chi connectivity index (χ0n) is 8.88. The second-order valence-electron chi connectivity index (χ2n) is 4.00. The smallest absolute Gasteiger partial charge is 0.315 e. The second kappa shape index (κ2) is 5.86. The lowest BCUT2D eigenvalue weighted by Gasteiger charge is -2.14. The normalized spacial score (nSPS) is 19.3. The van der Waals surface area contributed by atoms with Crippen LogP contribution in [0, 0.1) is 0 Å². The van der Waals surface area contributed by atoms with E-state index in [9.17, 15) is 4.79 Å². The summed E-state index contributed by atoms with van der Waals surface area (Å²) in [6.45, 7) is 2.58. The molecule has 82 valence electrons. The van der Waals surface area contributed by atoms with Crippen LogP contribution in [-0.2, 0) is 0 Å². The first-order chi connectivity index (χ1) is 6.72. The molecule has 1 fully saturated rings. The van der Waals surface area contributed by atoms with E-state index in [0.717, 1.165) is 19.3 Å². The van der Waals surface area contributed by atoms with Crippen molar-refractivity contribution in [1.82, 2.24) is 10.6 Å². The van der Waals surface area contributed by atoms with E-state index in [-0.39, 0.29) is 12.1 Å². The Morgan fingerprint density at radius 1 is 1.50 bits per heavy atom. The fraction of sp³-hybridized carbons (Fsp3) is 0.900. The first-order valence-electron chi connectivity index (χ1n) is 5.52. The van der Waals surface area contributed by atoms with Crippen molar-refractivity contribution in [3.63, 3.8) is 0 Å². The molecule has 1 unspecified atom stereocenters. The molecule has 0 aromatic rings. The number of hydrogen-bond donors (Lipinski definition) is 3. The van der Waals surface area contributed by atoms with Crippen LogP contribution in [0.25, 0.3) is 0 Å². The molecule has 1 saturated carbocycles. The van der Waals surface area contributed by atoms with Gasteiger partial charge in [0.1, 0.15) is 0 Å². The van der Waals surface area contributed by atoms with Gasteiger partial charge in [0.2, 0.25) is 0 Å². The molecular weight excluding hydrogens is 178 g/mol. The van der Waals surface area contributed by atoms with Crippen molar-refractivity contribution >= 4 is 6.03 Å². The number of carbonyl (C=O) groups excluding carboxylic acids is 1. The van der Waals surface area contributed by atoms with Crippen LogP contribution >= 0.6 is 0 Å². The number of hydrogen-bond acceptors (Lipinski definition) is 2. The van der Waals surface area contributed by atoms with Crippen molar-refractivity contribution in [2.45, 2.75) is 51.1 Å². The second-order valence-corrected chi connectivity index (χ2v) is 4.00. The van der Waals surface area contributed by atoms with Gasteiger partial charge in [-0.15, -0.1) is 0 Å². The van der Waals surface area contributed by atoms with Crippen molar-refractivity contribution in [1.29, 1.82) is 0 Å². The standard InChI is InChI=1S/C10H21N3O/c1-2-8(11)7-12-10(14)13-9-5-3-4-6-9/h8-9H,2-7,11H2,1H3,(H2,12,13,14). The SMILES string of the molecule is CCC(N)CNC(=O)NC1CCCC1. The van der Waals surface area contributed by atoms with Crippen LogP contribution in [0.4, 0.5) is 4.79 Å². The lowest BCUT2D eigenvalue weighted by molar-refractivity contribution is 0.236. The molecular formula is C10H21N3O. The van der Waals surface area contributed by atoms with Crippen LogP contribution in [-0.4, -0.2) is 24.7 Å². The number of nitrogens with two attached hydrogens (primary N) is 1. The third-order valence-electron chi connectivity index (χ3n) is 2.74. The van der Waals surface area contributed by atoms with E-state index in [1.54, 1.807) is 0 Å². The van der Waals surface area contributed by atoms with Crippen LogP contribution < -0.4 is 16.4 Å². The van der Waals surface area contributed by atoms with Crippen LogP contribution in [0.15, 0.2) is 0 Å². The zero-order valence-corrected chi connectivity index (χ0v) is 8.88. The van der Waals surface area contributed by atoms with E-state index < -0.39 is 0 Å². The quantitative estimate of drug-likeness (QED) is 0.631. The number of nitrogens with one attached hydrogen (secondary N) is 2. The monoisotopic (exact) mass is 199 g/mol. The van der Waals surface area contributed by atoms with Crippen LogP contribution in [0.3, 0.4) is 0 Å². The van der Waals surface area contributed by atoms with E-state index in [4.69, 9.17) is 5.73 Å². The van der Waals surface area contributed by atoms with Gasteiger partial charge in [0.25, 0.3) is 0 Å². The van der Waals surface area contributed by atoms with E-state index in [1.807, 2.05) is 6.92 Å². The van der Waals surface area contributed by atoms with Gasteiger partial charge < -0.3 is 16.4 Å². The summed E-state index contributed by atoms with van der Waals surface area (Å²) in [5, 5.41) is 5.74. The maximum absolute atomic E-state index is 11.3. The summed E-state index contributed by atoms with van der Waals surface area (Å²) in [6, 6.07) is 0.387. The molecule has 0 bridgehead atoms. The van der Waals surface area contributed by atoms with E-state index in [2.05, 4.69) is 10.6 Å². The molecule has 1 aliphatic rings. The minimum atomic E-state index is -0.0687.